The molecule has 0 saturated carbocycles. The van der Waals surface area contributed by atoms with Crippen LogP contribution in [0.1, 0.15) is 22.9 Å². The summed E-state index contributed by atoms with van der Waals surface area (Å²) in [7, 11) is 0. The van der Waals surface area contributed by atoms with Crippen LogP contribution in [0.25, 0.3) is 11.3 Å². The molecule has 26 heavy (non-hydrogen) atoms. The van der Waals surface area contributed by atoms with Gasteiger partial charge in [0.15, 0.2) is 0 Å². The summed E-state index contributed by atoms with van der Waals surface area (Å²) >= 11 is 0. The van der Waals surface area contributed by atoms with Crippen molar-refractivity contribution in [3.8, 4) is 11.3 Å². The molecule has 0 radical (unpaired) electrons. The van der Waals surface area contributed by atoms with Crippen LogP contribution in [0.3, 0.4) is 0 Å². The van der Waals surface area contributed by atoms with Gasteiger partial charge in [-0.05, 0) is 42.0 Å². The molecule has 1 aromatic carbocycles. The molecule has 3 rings (SSSR count). The van der Waals surface area contributed by atoms with Crippen molar-refractivity contribution in [1.29, 1.82) is 0 Å². The zero-order chi connectivity index (χ0) is 17.2. The van der Waals surface area contributed by atoms with E-state index in [-0.39, 0.29) is 24.8 Å². The third-order valence-electron chi connectivity index (χ3n) is 3.67. The molecule has 1 unspecified atom stereocenters. The predicted octanol–water partition coefficient (Wildman–Crippen LogP) is 5.05. The first-order valence-electron chi connectivity index (χ1n) is 7.26. The Morgan fingerprint density at radius 3 is 2.04 bits per heavy atom. The molecule has 3 nitrogen and oxygen atoms in total. The van der Waals surface area contributed by atoms with E-state index in [9.17, 15) is 13.2 Å². The second kappa shape index (κ2) is 8.98. The van der Waals surface area contributed by atoms with Crippen LogP contribution < -0.4 is 5.73 Å². The number of aromatic nitrogens is 2. The zero-order valence-corrected chi connectivity index (χ0v) is 15.0. The smallest absolute Gasteiger partial charge is 0.319 e. The second-order valence-corrected chi connectivity index (χ2v) is 5.25. The molecule has 2 heterocycles. The Morgan fingerprint density at radius 2 is 1.46 bits per heavy atom. The average molecular weight is 402 g/mol. The van der Waals surface area contributed by atoms with E-state index in [1.165, 1.54) is 12.1 Å². The number of alkyl halides is 3. The highest BCUT2D eigenvalue weighted by Crippen LogP contribution is 2.32. The van der Waals surface area contributed by atoms with Crippen molar-refractivity contribution in [3.63, 3.8) is 0 Å². The van der Waals surface area contributed by atoms with Gasteiger partial charge in [-0.25, -0.2) is 0 Å². The van der Waals surface area contributed by atoms with Crippen LogP contribution in [0.2, 0.25) is 0 Å². The minimum atomic E-state index is -4.37. The van der Waals surface area contributed by atoms with Gasteiger partial charge in [-0.3, -0.25) is 9.97 Å². The number of nitrogens with two attached hydrogens (primary N) is 1. The molecule has 138 valence electrons. The first-order valence-corrected chi connectivity index (χ1v) is 7.26. The molecule has 2 N–H and O–H groups in total. The van der Waals surface area contributed by atoms with Crippen LogP contribution in [0.4, 0.5) is 13.2 Å². The molecule has 0 bridgehead atoms. The molecule has 0 amide bonds. The van der Waals surface area contributed by atoms with Crippen molar-refractivity contribution in [3.05, 3.63) is 83.8 Å². The first-order chi connectivity index (χ1) is 11.5. The number of nitrogens with zero attached hydrogens (tertiary/aromatic N) is 2. The predicted molar refractivity (Wildman–Crippen MR) is 99.4 cm³/mol. The standard InChI is InChI=1S/C18H14F3N3.2ClH/c19-18(20,21)13-8-6-12(7-9-13)16(22)17-14(4-3-11-24-17)15-5-1-2-10-23-15;;/h1-11,16H,22H2;2*1H. The molecule has 3 aromatic rings. The largest absolute Gasteiger partial charge is 0.416 e. The topological polar surface area (TPSA) is 51.8 Å². The van der Waals surface area contributed by atoms with Gasteiger partial charge in [0.1, 0.15) is 0 Å². The summed E-state index contributed by atoms with van der Waals surface area (Å²) in [5, 5.41) is 0. The molecule has 2 aromatic heterocycles. The third kappa shape index (κ3) is 4.72. The molecular weight excluding hydrogens is 386 g/mol. The van der Waals surface area contributed by atoms with Crippen LogP contribution in [0.5, 0.6) is 0 Å². The van der Waals surface area contributed by atoms with E-state index >= 15 is 0 Å². The molecule has 0 aliphatic heterocycles. The molecular formula is C18H16Cl2F3N3. The maximum atomic E-state index is 12.7. The fourth-order valence-corrected chi connectivity index (χ4v) is 2.44. The lowest BCUT2D eigenvalue weighted by molar-refractivity contribution is -0.137. The van der Waals surface area contributed by atoms with E-state index in [1.54, 1.807) is 24.5 Å². The van der Waals surface area contributed by atoms with E-state index in [0.717, 1.165) is 17.7 Å². The van der Waals surface area contributed by atoms with Crippen LogP contribution in [0.15, 0.2) is 67.0 Å². The molecule has 1 atom stereocenters. The number of hydrogen-bond donors (Lipinski definition) is 1. The number of halogens is 5. The van der Waals surface area contributed by atoms with Crippen molar-refractivity contribution in [2.24, 2.45) is 5.73 Å². The van der Waals surface area contributed by atoms with E-state index in [2.05, 4.69) is 9.97 Å². The monoisotopic (exact) mass is 401 g/mol. The third-order valence-corrected chi connectivity index (χ3v) is 3.67. The summed E-state index contributed by atoms with van der Waals surface area (Å²) in [4.78, 5) is 8.60. The number of benzene rings is 1. The zero-order valence-electron chi connectivity index (χ0n) is 13.4. The van der Waals surface area contributed by atoms with Gasteiger partial charge in [0.05, 0.1) is 23.0 Å². The van der Waals surface area contributed by atoms with Gasteiger partial charge in [-0.2, -0.15) is 13.2 Å². The average Bonchev–Trinajstić information content (AvgIpc) is 2.61. The van der Waals surface area contributed by atoms with E-state index in [0.29, 0.717) is 17.0 Å². The molecule has 0 aliphatic rings. The van der Waals surface area contributed by atoms with Crippen molar-refractivity contribution in [2.75, 3.05) is 0 Å². The quantitative estimate of drug-likeness (QED) is 0.667. The highest BCUT2D eigenvalue weighted by molar-refractivity contribution is 5.85. The van der Waals surface area contributed by atoms with E-state index in [1.807, 2.05) is 18.2 Å². The van der Waals surface area contributed by atoms with Crippen LogP contribution in [-0.4, -0.2) is 9.97 Å². The first kappa shape index (κ1) is 21.9. The Morgan fingerprint density at radius 1 is 0.808 bits per heavy atom. The van der Waals surface area contributed by atoms with Crippen molar-refractivity contribution in [1.82, 2.24) is 9.97 Å². The second-order valence-electron chi connectivity index (χ2n) is 5.25. The fourth-order valence-electron chi connectivity index (χ4n) is 2.44. The van der Waals surface area contributed by atoms with Crippen molar-refractivity contribution in [2.45, 2.75) is 12.2 Å². The Bertz CT molecular complexity index is 825. The molecule has 0 saturated heterocycles. The summed E-state index contributed by atoms with van der Waals surface area (Å²) in [5.41, 5.74) is 8.12. The Kier molecular flexibility index (Phi) is 7.56. The van der Waals surface area contributed by atoms with Gasteiger partial charge in [0, 0.05) is 18.0 Å². The number of pyridine rings is 2. The van der Waals surface area contributed by atoms with E-state index < -0.39 is 17.8 Å². The highest BCUT2D eigenvalue weighted by Gasteiger charge is 2.30. The minimum Gasteiger partial charge on any atom is -0.319 e. The normalized spacial score (nSPS) is 11.8. The number of rotatable bonds is 3. The minimum absolute atomic E-state index is 0. The highest BCUT2D eigenvalue weighted by atomic mass is 35.5. The fraction of sp³-hybridized carbons (Fsp3) is 0.111. The van der Waals surface area contributed by atoms with Crippen molar-refractivity contribution >= 4 is 24.8 Å². The lowest BCUT2D eigenvalue weighted by Crippen LogP contribution is -2.15. The molecule has 8 heteroatoms. The van der Waals surface area contributed by atoms with Gasteiger partial charge in [0.25, 0.3) is 0 Å². The van der Waals surface area contributed by atoms with Gasteiger partial charge in [-0.15, -0.1) is 24.8 Å². The van der Waals surface area contributed by atoms with Gasteiger partial charge < -0.3 is 5.73 Å². The summed E-state index contributed by atoms with van der Waals surface area (Å²) < 4.78 is 38.0. The van der Waals surface area contributed by atoms with Gasteiger partial charge >= 0.3 is 6.18 Å². The maximum Gasteiger partial charge on any atom is 0.416 e. The van der Waals surface area contributed by atoms with E-state index in [4.69, 9.17) is 5.73 Å². The van der Waals surface area contributed by atoms with Gasteiger partial charge in [-0.1, -0.05) is 18.2 Å². The summed E-state index contributed by atoms with van der Waals surface area (Å²) in [5.74, 6) is 0. The Balaban J connectivity index is 0.00000169. The molecule has 0 spiro atoms. The Labute approximate surface area is 161 Å². The lowest BCUT2D eigenvalue weighted by Gasteiger charge is -2.16. The molecule has 0 aliphatic carbocycles. The summed E-state index contributed by atoms with van der Waals surface area (Å²) in [6.45, 7) is 0. The summed E-state index contributed by atoms with van der Waals surface area (Å²) in [6, 6.07) is 13.3. The molecule has 0 fully saturated rings. The van der Waals surface area contributed by atoms with Crippen LogP contribution in [-0.2, 0) is 6.18 Å². The van der Waals surface area contributed by atoms with Gasteiger partial charge in [0.2, 0.25) is 0 Å². The lowest BCUT2D eigenvalue weighted by atomic mass is 9.97. The summed E-state index contributed by atoms with van der Waals surface area (Å²) in [6.07, 6.45) is -1.10. The Hall–Kier alpha value is -2.15. The number of hydrogen-bond acceptors (Lipinski definition) is 3. The SMILES string of the molecule is Cl.Cl.NC(c1ccc(C(F)(F)F)cc1)c1ncccc1-c1ccccn1. The van der Waals surface area contributed by atoms with Crippen LogP contribution in [0, 0.1) is 0 Å². The van der Waals surface area contributed by atoms with Crippen molar-refractivity contribution < 1.29 is 13.2 Å². The van der Waals surface area contributed by atoms with Crippen LogP contribution >= 0.6 is 24.8 Å². The maximum absolute atomic E-state index is 12.7.